The highest BCUT2D eigenvalue weighted by Gasteiger charge is 2.23. The molecular formula is C18H23N5O5. The van der Waals surface area contributed by atoms with Gasteiger partial charge >= 0.3 is 12.2 Å². The first kappa shape index (κ1) is 20.7. The van der Waals surface area contributed by atoms with Gasteiger partial charge in [-0.05, 0) is 50.2 Å². The zero-order valence-electron chi connectivity index (χ0n) is 16.2. The number of rotatable bonds is 6. The summed E-state index contributed by atoms with van der Waals surface area (Å²) in [6.45, 7) is 3.64. The summed E-state index contributed by atoms with van der Waals surface area (Å²) in [5, 5.41) is 9.29. The molecule has 1 heterocycles. The van der Waals surface area contributed by atoms with Gasteiger partial charge in [-0.1, -0.05) is 0 Å². The largest absolute Gasteiger partial charge is 0.497 e. The molecule has 0 atom stereocenters. The van der Waals surface area contributed by atoms with E-state index in [4.69, 9.17) is 14.2 Å². The molecule has 0 radical (unpaired) electrons. The van der Waals surface area contributed by atoms with Crippen LogP contribution in [0.4, 0.5) is 26.9 Å². The van der Waals surface area contributed by atoms with Gasteiger partial charge < -0.3 is 18.8 Å². The Balaban J connectivity index is 2.23. The van der Waals surface area contributed by atoms with Gasteiger partial charge in [0.2, 0.25) is 0 Å². The minimum absolute atomic E-state index is 0.147. The summed E-state index contributed by atoms with van der Waals surface area (Å²) < 4.78 is 16.5. The zero-order valence-corrected chi connectivity index (χ0v) is 16.2. The number of hydrogen-bond acceptors (Lipinski definition) is 7. The van der Waals surface area contributed by atoms with Gasteiger partial charge in [0.25, 0.3) is 0 Å². The number of azo groups is 1. The number of amides is 2. The summed E-state index contributed by atoms with van der Waals surface area (Å²) in [5.74, 6) is 1.51. The fourth-order valence-corrected chi connectivity index (χ4v) is 2.21. The van der Waals surface area contributed by atoms with Crippen LogP contribution in [0, 0.1) is 0 Å². The maximum Gasteiger partial charge on any atom is 0.434 e. The van der Waals surface area contributed by atoms with Crippen molar-refractivity contribution in [2.75, 3.05) is 25.3 Å². The van der Waals surface area contributed by atoms with Crippen LogP contribution in [0.25, 0.3) is 0 Å². The lowest BCUT2D eigenvalue weighted by molar-refractivity contribution is 0.138. The second-order valence-electron chi connectivity index (χ2n) is 5.37. The molecule has 28 heavy (non-hydrogen) atoms. The van der Waals surface area contributed by atoms with Crippen molar-refractivity contribution in [2.45, 2.75) is 13.8 Å². The molecular weight excluding hydrogens is 366 g/mol. The second-order valence-corrected chi connectivity index (χ2v) is 5.37. The molecule has 1 aromatic heterocycles. The van der Waals surface area contributed by atoms with Crippen molar-refractivity contribution in [3.05, 3.63) is 36.4 Å². The van der Waals surface area contributed by atoms with E-state index in [9.17, 15) is 9.59 Å². The van der Waals surface area contributed by atoms with E-state index in [0.717, 1.165) is 10.8 Å². The van der Waals surface area contributed by atoms with Crippen LogP contribution < -0.4 is 15.2 Å². The Labute approximate surface area is 162 Å². The lowest BCUT2D eigenvalue weighted by Gasteiger charge is -2.22. The summed E-state index contributed by atoms with van der Waals surface area (Å²) in [6, 6.07) is 10.3. The molecule has 10 nitrogen and oxygen atoms in total. The molecule has 1 N–H and O–H groups in total. The SMILES string of the molecule is CCOC(=O)NN(C(=O)OCC)c1ccc(N=Nc2ccc(OC)cc2)n1C. The van der Waals surface area contributed by atoms with Crippen LogP contribution in [-0.2, 0) is 16.5 Å². The molecule has 2 rings (SSSR count). The molecule has 0 aliphatic carbocycles. The van der Waals surface area contributed by atoms with E-state index >= 15 is 0 Å². The summed E-state index contributed by atoms with van der Waals surface area (Å²) in [5.41, 5.74) is 2.98. The molecule has 0 saturated carbocycles. The van der Waals surface area contributed by atoms with Gasteiger partial charge in [0.15, 0.2) is 5.82 Å². The predicted molar refractivity (Wildman–Crippen MR) is 102 cm³/mol. The highest BCUT2D eigenvalue weighted by atomic mass is 16.6. The third-order valence-corrected chi connectivity index (χ3v) is 3.57. The Morgan fingerprint density at radius 1 is 1.04 bits per heavy atom. The van der Waals surface area contributed by atoms with E-state index in [1.54, 1.807) is 69.0 Å². The van der Waals surface area contributed by atoms with Crippen LogP contribution in [0.1, 0.15) is 13.8 Å². The molecule has 0 aliphatic rings. The normalized spacial score (nSPS) is 10.6. The number of carbonyl (C=O) groups is 2. The fourth-order valence-electron chi connectivity index (χ4n) is 2.21. The lowest BCUT2D eigenvalue weighted by atomic mass is 10.3. The number of hydrogen-bond donors (Lipinski definition) is 1. The molecule has 0 bridgehead atoms. The Morgan fingerprint density at radius 2 is 1.71 bits per heavy atom. The van der Waals surface area contributed by atoms with Gasteiger partial charge in [0, 0.05) is 7.05 Å². The van der Waals surface area contributed by atoms with Crippen LogP contribution in [0.3, 0.4) is 0 Å². The number of benzene rings is 1. The number of ether oxygens (including phenoxy) is 3. The standard InChI is InChI=1S/C18H23N5O5/c1-5-27-17(24)21-23(18(25)28-6-2)16-12-11-15(22(16)3)20-19-13-7-9-14(26-4)10-8-13/h7-12H,5-6H2,1-4H3,(H,21,24). The van der Waals surface area contributed by atoms with Crippen molar-refractivity contribution in [1.82, 2.24) is 9.99 Å². The number of aromatic nitrogens is 1. The first-order chi connectivity index (χ1) is 13.5. The van der Waals surface area contributed by atoms with E-state index in [-0.39, 0.29) is 13.2 Å². The second kappa shape index (κ2) is 9.95. The van der Waals surface area contributed by atoms with Gasteiger partial charge in [0.05, 0.1) is 26.0 Å². The van der Waals surface area contributed by atoms with Gasteiger partial charge in [-0.3, -0.25) is 0 Å². The Kier molecular flexibility index (Phi) is 7.37. The van der Waals surface area contributed by atoms with Crippen LogP contribution >= 0.6 is 0 Å². The van der Waals surface area contributed by atoms with E-state index in [0.29, 0.717) is 17.3 Å². The molecule has 10 heteroatoms. The number of methoxy groups -OCH3 is 1. The number of nitrogens with one attached hydrogen (secondary N) is 1. The third kappa shape index (κ3) is 5.22. The number of anilines is 1. The number of nitrogens with zero attached hydrogens (tertiary/aromatic N) is 4. The third-order valence-electron chi connectivity index (χ3n) is 3.57. The van der Waals surface area contributed by atoms with Crippen LogP contribution in [0.5, 0.6) is 5.75 Å². The average molecular weight is 389 g/mol. The molecule has 2 aromatic rings. The Morgan fingerprint density at radius 3 is 2.32 bits per heavy atom. The van der Waals surface area contributed by atoms with E-state index in [2.05, 4.69) is 15.7 Å². The number of carbonyl (C=O) groups excluding carboxylic acids is 2. The van der Waals surface area contributed by atoms with Crippen molar-refractivity contribution < 1.29 is 23.8 Å². The van der Waals surface area contributed by atoms with Crippen molar-refractivity contribution in [1.29, 1.82) is 0 Å². The van der Waals surface area contributed by atoms with Crippen molar-refractivity contribution >= 4 is 29.5 Å². The molecule has 0 spiro atoms. The maximum absolute atomic E-state index is 12.2. The van der Waals surface area contributed by atoms with Gasteiger partial charge in [-0.25, -0.2) is 15.0 Å². The van der Waals surface area contributed by atoms with Crippen molar-refractivity contribution in [3.8, 4) is 5.75 Å². The average Bonchev–Trinajstić information content (AvgIpc) is 3.05. The topological polar surface area (TPSA) is 107 Å². The highest BCUT2D eigenvalue weighted by molar-refractivity contribution is 5.90. The summed E-state index contributed by atoms with van der Waals surface area (Å²) in [6.07, 6.45) is -1.53. The van der Waals surface area contributed by atoms with Crippen molar-refractivity contribution in [3.63, 3.8) is 0 Å². The van der Waals surface area contributed by atoms with Crippen molar-refractivity contribution in [2.24, 2.45) is 17.3 Å². The monoisotopic (exact) mass is 389 g/mol. The van der Waals surface area contributed by atoms with E-state index in [1.165, 1.54) is 0 Å². The zero-order chi connectivity index (χ0) is 20.5. The number of hydrazine groups is 1. The smallest absolute Gasteiger partial charge is 0.434 e. The van der Waals surface area contributed by atoms with Crippen LogP contribution in [0.15, 0.2) is 46.6 Å². The molecule has 1 aromatic carbocycles. The molecule has 0 fully saturated rings. The quantitative estimate of drug-likeness (QED) is 0.592. The first-order valence-corrected chi connectivity index (χ1v) is 8.61. The molecule has 0 saturated heterocycles. The van der Waals surface area contributed by atoms with Gasteiger partial charge in [-0.2, -0.15) is 5.01 Å². The maximum atomic E-state index is 12.2. The summed E-state index contributed by atoms with van der Waals surface area (Å²) in [4.78, 5) is 24.0. The molecule has 150 valence electrons. The van der Waals surface area contributed by atoms with Gasteiger partial charge in [-0.15, -0.1) is 10.2 Å². The molecule has 0 unspecified atom stereocenters. The minimum atomic E-state index is -0.779. The summed E-state index contributed by atoms with van der Waals surface area (Å²) in [7, 11) is 3.26. The fraction of sp³-hybridized carbons (Fsp3) is 0.333. The van der Waals surface area contributed by atoms with Crippen LogP contribution in [0.2, 0.25) is 0 Å². The Bertz CT molecular complexity index is 831. The molecule has 0 aliphatic heterocycles. The summed E-state index contributed by atoms with van der Waals surface area (Å²) >= 11 is 0. The lowest BCUT2D eigenvalue weighted by Crippen LogP contribution is -2.47. The van der Waals surface area contributed by atoms with E-state index in [1.807, 2.05) is 0 Å². The van der Waals surface area contributed by atoms with Crippen LogP contribution in [-0.4, -0.2) is 37.1 Å². The predicted octanol–water partition coefficient (Wildman–Crippen LogP) is 4.07. The first-order valence-electron chi connectivity index (χ1n) is 8.61. The van der Waals surface area contributed by atoms with E-state index < -0.39 is 12.2 Å². The Hall–Kier alpha value is -3.56. The minimum Gasteiger partial charge on any atom is -0.497 e. The molecule has 2 amide bonds. The highest BCUT2D eigenvalue weighted by Crippen LogP contribution is 2.26. The van der Waals surface area contributed by atoms with Gasteiger partial charge in [0.1, 0.15) is 11.6 Å².